The zero-order chi connectivity index (χ0) is 20.3. The number of likely N-dealkylation sites (tertiary alicyclic amines) is 1. The molecule has 2 amide bonds. The highest BCUT2D eigenvalue weighted by molar-refractivity contribution is 5.95. The Balaban J connectivity index is 1.76. The fourth-order valence-corrected chi connectivity index (χ4v) is 3.77. The summed E-state index contributed by atoms with van der Waals surface area (Å²) >= 11 is 0. The summed E-state index contributed by atoms with van der Waals surface area (Å²) in [4.78, 5) is 26.2. The molecule has 1 aromatic carbocycles. The number of piperidine rings is 1. The lowest BCUT2D eigenvalue weighted by molar-refractivity contribution is -0.119. The number of aromatic nitrogens is 2. The zero-order valence-electron chi connectivity index (χ0n) is 17.2. The molecule has 28 heavy (non-hydrogen) atoms. The molecule has 150 valence electrons. The minimum atomic E-state index is 0.00333. The molecule has 1 saturated heterocycles. The first-order valence-corrected chi connectivity index (χ1v) is 10.1. The highest BCUT2D eigenvalue weighted by Crippen LogP contribution is 2.26. The average molecular weight is 383 g/mol. The molecule has 2 aromatic rings. The van der Waals surface area contributed by atoms with Crippen LogP contribution >= 0.6 is 0 Å². The van der Waals surface area contributed by atoms with Gasteiger partial charge in [0.15, 0.2) is 0 Å². The van der Waals surface area contributed by atoms with Gasteiger partial charge in [0.1, 0.15) is 0 Å². The lowest BCUT2D eigenvalue weighted by atomic mass is 9.95. The molecular weight excluding hydrogens is 352 g/mol. The van der Waals surface area contributed by atoms with Crippen LogP contribution in [-0.4, -0.2) is 46.1 Å². The summed E-state index contributed by atoms with van der Waals surface area (Å²) in [7, 11) is 0. The minimum Gasteiger partial charge on any atom is -0.356 e. The number of benzene rings is 1. The van der Waals surface area contributed by atoms with Crippen molar-refractivity contribution >= 4 is 11.8 Å². The third-order valence-electron chi connectivity index (χ3n) is 5.40. The number of hydrogen-bond donors (Lipinski definition) is 1. The fourth-order valence-electron chi connectivity index (χ4n) is 3.77. The summed E-state index contributed by atoms with van der Waals surface area (Å²) < 4.78 is 1.89. The Morgan fingerprint density at radius 1 is 1.18 bits per heavy atom. The number of carbonyl (C=O) groups excluding carboxylic acids is 2. The standard InChI is InChI=1S/C22H30N4O2/c1-15(2)21-20(14-24-26(21)19-7-5-16(3)6-8-19)22(28)25-11-9-18(10-12-25)13-23-17(4)27/h5-8,14-15,18H,9-13H2,1-4H3,(H,23,27). The van der Waals surface area contributed by atoms with Gasteiger partial charge >= 0.3 is 0 Å². The third-order valence-corrected chi connectivity index (χ3v) is 5.40. The fraction of sp³-hybridized carbons (Fsp3) is 0.500. The van der Waals surface area contributed by atoms with Crippen molar-refractivity contribution in [3.05, 3.63) is 47.3 Å². The van der Waals surface area contributed by atoms with E-state index in [0.29, 0.717) is 18.0 Å². The Morgan fingerprint density at radius 2 is 1.82 bits per heavy atom. The van der Waals surface area contributed by atoms with E-state index in [0.717, 1.165) is 37.3 Å². The number of hydrogen-bond acceptors (Lipinski definition) is 3. The maximum absolute atomic E-state index is 13.2. The van der Waals surface area contributed by atoms with Gasteiger partial charge in [-0.3, -0.25) is 9.59 Å². The maximum atomic E-state index is 13.2. The van der Waals surface area contributed by atoms with Gasteiger partial charge in [-0.15, -0.1) is 0 Å². The number of nitrogens with one attached hydrogen (secondary N) is 1. The van der Waals surface area contributed by atoms with Crippen LogP contribution < -0.4 is 5.32 Å². The Morgan fingerprint density at radius 3 is 2.39 bits per heavy atom. The first kappa shape index (κ1) is 20.1. The predicted molar refractivity (Wildman–Crippen MR) is 110 cm³/mol. The first-order valence-electron chi connectivity index (χ1n) is 10.1. The van der Waals surface area contributed by atoms with Gasteiger partial charge in [-0.1, -0.05) is 31.5 Å². The van der Waals surface area contributed by atoms with Crippen molar-refractivity contribution in [2.45, 2.75) is 46.5 Å². The summed E-state index contributed by atoms with van der Waals surface area (Å²) in [6.45, 7) is 9.92. The molecule has 6 nitrogen and oxygen atoms in total. The molecule has 3 rings (SSSR count). The first-order chi connectivity index (χ1) is 13.4. The number of amides is 2. The molecule has 1 aromatic heterocycles. The molecule has 1 N–H and O–H groups in total. The van der Waals surface area contributed by atoms with E-state index in [9.17, 15) is 9.59 Å². The summed E-state index contributed by atoms with van der Waals surface area (Å²) in [6.07, 6.45) is 3.53. The molecule has 0 radical (unpaired) electrons. The van der Waals surface area contributed by atoms with E-state index in [-0.39, 0.29) is 17.7 Å². The van der Waals surface area contributed by atoms with Crippen LogP contribution in [0.3, 0.4) is 0 Å². The molecule has 2 heterocycles. The van der Waals surface area contributed by atoms with Crippen molar-refractivity contribution in [1.82, 2.24) is 20.0 Å². The molecule has 6 heteroatoms. The van der Waals surface area contributed by atoms with E-state index in [2.05, 4.69) is 43.3 Å². The molecule has 0 atom stereocenters. The Hall–Kier alpha value is -2.63. The second-order valence-electron chi connectivity index (χ2n) is 8.02. The summed E-state index contributed by atoms with van der Waals surface area (Å²) in [5, 5.41) is 7.42. The van der Waals surface area contributed by atoms with Gasteiger partial charge in [-0.25, -0.2) is 4.68 Å². The quantitative estimate of drug-likeness (QED) is 0.863. The van der Waals surface area contributed by atoms with Gasteiger partial charge in [0.25, 0.3) is 5.91 Å². The van der Waals surface area contributed by atoms with Crippen LogP contribution in [0.4, 0.5) is 0 Å². The van der Waals surface area contributed by atoms with Gasteiger partial charge in [0.05, 0.1) is 23.1 Å². The van der Waals surface area contributed by atoms with Crippen molar-refractivity contribution in [2.75, 3.05) is 19.6 Å². The Kier molecular flexibility index (Phi) is 6.17. The van der Waals surface area contributed by atoms with Crippen LogP contribution in [0, 0.1) is 12.8 Å². The van der Waals surface area contributed by atoms with E-state index in [4.69, 9.17) is 0 Å². The minimum absolute atomic E-state index is 0.00333. The predicted octanol–water partition coefficient (Wildman–Crippen LogP) is 3.29. The maximum Gasteiger partial charge on any atom is 0.257 e. The van der Waals surface area contributed by atoms with Gasteiger partial charge in [-0.2, -0.15) is 5.10 Å². The molecule has 0 spiro atoms. The average Bonchev–Trinajstić information content (AvgIpc) is 3.12. The van der Waals surface area contributed by atoms with Crippen molar-refractivity contribution in [1.29, 1.82) is 0 Å². The third kappa shape index (κ3) is 4.43. The molecule has 0 unspecified atom stereocenters. The van der Waals surface area contributed by atoms with Gasteiger partial charge in [0, 0.05) is 26.6 Å². The number of carbonyl (C=O) groups is 2. The number of nitrogens with zero attached hydrogens (tertiary/aromatic N) is 3. The van der Waals surface area contributed by atoms with E-state index >= 15 is 0 Å². The van der Waals surface area contributed by atoms with Crippen molar-refractivity contribution in [3.63, 3.8) is 0 Å². The SMILES string of the molecule is CC(=O)NCC1CCN(C(=O)c2cnn(-c3ccc(C)cc3)c2C(C)C)CC1. The monoisotopic (exact) mass is 382 g/mol. The van der Waals surface area contributed by atoms with Crippen LogP contribution in [0.25, 0.3) is 5.69 Å². The van der Waals surface area contributed by atoms with Crippen LogP contribution in [0.1, 0.15) is 61.1 Å². The largest absolute Gasteiger partial charge is 0.356 e. The molecule has 1 fully saturated rings. The smallest absolute Gasteiger partial charge is 0.257 e. The summed E-state index contributed by atoms with van der Waals surface area (Å²) in [5.41, 5.74) is 3.81. The topological polar surface area (TPSA) is 67.2 Å². The molecule has 1 aliphatic rings. The number of aryl methyl sites for hydroxylation is 1. The van der Waals surface area contributed by atoms with E-state index in [1.54, 1.807) is 6.20 Å². The van der Waals surface area contributed by atoms with Crippen LogP contribution in [0.15, 0.2) is 30.5 Å². The van der Waals surface area contributed by atoms with Crippen molar-refractivity contribution < 1.29 is 9.59 Å². The van der Waals surface area contributed by atoms with E-state index < -0.39 is 0 Å². The van der Waals surface area contributed by atoms with Gasteiger partial charge in [-0.05, 0) is 43.7 Å². The van der Waals surface area contributed by atoms with Crippen molar-refractivity contribution in [3.8, 4) is 5.69 Å². The lowest BCUT2D eigenvalue weighted by Gasteiger charge is -2.32. The molecular formula is C22H30N4O2. The molecule has 0 aliphatic carbocycles. The van der Waals surface area contributed by atoms with E-state index in [1.165, 1.54) is 12.5 Å². The molecule has 0 saturated carbocycles. The molecule has 1 aliphatic heterocycles. The van der Waals surface area contributed by atoms with E-state index in [1.807, 2.05) is 21.7 Å². The van der Waals surface area contributed by atoms with Crippen LogP contribution in [0.5, 0.6) is 0 Å². The Bertz CT molecular complexity index is 831. The normalized spacial score (nSPS) is 15.1. The summed E-state index contributed by atoms with van der Waals surface area (Å²) in [5.74, 6) is 0.677. The highest BCUT2D eigenvalue weighted by atomic mass is 16.2. The zero-order valence-corrected chi connectivity index (χ0v) is 17.2. The highest BCUT2D eigenvalue weighted by Gasteiger charge is 2.28. The number of rotatable bonds is 5. The lowest BCUT2D eigenvalue weighted by Crippen LogP contribution is -2.41. The van der Waals surface area contributed by atoms with Crippen molar-refractivity contribution in [2.24, 2.45) is 5.92 Å². The second-order valence-corrected chi connectivity index (χ2v) is 8.02. The second kappa shape index (κ2) is 8.59. The van der Waals surface area contributed by atoms with Crippen LogP contribution in [-0.2, 0) is 4.79 Å². The van der Waals surface area contributed by atoms with Gasteiger partial charge in [0.2, 0.25) is 5.91 Å². The van der Waals surface area contributed by atoms with Crippen LogP contribution in [0.2, 0.25) is 0 Å². The van der Waals surface area contributed by atoms with Gasteiger partial charge < -0.3 is 10.2 Å². The molecule has 0 bridgehead atoms. The Labute approximate surface area is 166 Å². The summed E-state index contributed by atoms with van der Waals surface area (Å²) in [6, 6.07) is 8.19.